The average Bonchev–Trinajstić information content (AvgIpc) is 3.88. The number of hydrogen-bond acceptors (Lipinski definition) is 8. The number of carbonyl (C=O) groups is 4. The van der Waals surface area contributed by atoms with Crippen molar-refractivity contribution in [1.29, 1.82) is 0 Å². The smallest absolute Gasteiger partial charge is 0.328 e. The van der Waals surface area contributed by atoms with E-state index < -0.39 is 5.82 Å². The van der Waals surface area contributed by atoms with E-state index in [1.807, 2.05) is 30.3 Å². The lowest BCUT2D eigenvalue weighted by molar-refractivity contribution is -0.120. The Balaban J connectivity index is 0.901. The third-order valence-electron chi connectivity index (χ3n) is 9.62. The van der Waals surface area contributed by atoms with Gasteiger partial charge in [0.2, 0.25) is 11.8 Å². The molecule has 2 N–H and O–H groups in total. The van der Waals surface area contributed by atoms with Gasteiger partial charge in [0, 0.05) is 78.8 Å². The molecule has 3 saturated heterocycles. The number of likely N-dealkylation sites (tertiary alicyclic amines) is 1. The zero-order valence-corrected chi connectivity index (χ0v) is 26.7. The molecule has 48 heavy (non-hydrogen) atoms. The Morgan fingerprint density at radius 2 is 1.85 bits per heavy atom. The Labute approximate surface area is 279 Å². The van der Waals surface area contributed by atoms with Crippen LogP contribution in [0.3, 0.4) is 0 Å². The normalized spacial score (nSPS) is 20.4. The molecule has 2 bridgehead atoms. The zero-order chi connectivity index (χ0) is 32.9. The van der Waals surface area contributed by atoms with E-state index in [2.05, 4.69) is 43.6 Å². The van der Waals surface area contributed by atoms with E-state index >= 15 is 4.39 Å². The Morgan fingerprint density at radius 3 is 2.60 bits per heavy atom. The Kier molecular flexibility index (Phi) is 7.64. The van der Waals surface area contributed by atoms with Crippen molar-refractivity contribution in [2.75, 3.05) is 41.3 Å². The number of benzene rings is 3. The number of amides is 5. The van der Waals surface area contributed by atoms with Gasteiger partial charge in [0.25, 0.3) is 5.91 Å². The minimum atomic E-state index is -0.459. The number of nitrogens with zero attached hydrogens (tertiary/aromatic N) is 5. The summed E-state index contributed by atoms with van der Waals surface area (Å²) in [4.78, 5) is 61.4. The van der Waals surface area contributed by atoms with Crippen LogP contribution in [0, 0.1) is 5.82 Å². The van der Waals surface area contributed by atoms with E-state index in [9.17, 15) is 19.2 Å². The van der Waals surface area contributed by atoms with E-state index in [1.54, 1.807) is 22.5 Å². The second-order valence-electron chi connectivity index (χ2n) is 12.6. The summed E-state index contributed by atoms with van der Waals surface area (Å²) < 4.78 is 15.3. The highest BCUT2D eigenvalue weighted by Crippen LogP contribution is 2.37. The maximum Gasteiger partial charge on any atom is 0.328 e. The fourth-order valence-electron chi connectivity index (χ4n) is 7.31. The van der Waals surface area contributed by atoms with Crippen molar-refractivity contribution >= 4 is 51.6 Å². The van der Waals surface area contributed by atoms with Crippen molar-refractivity contribution in [2.24, 2.45) is 0 Å². The quantitative estimate of drug-likeness (QED) is 0.286. The van der Waals surface area contributed by atoms with Gasteiger partial charge in [0.1, 0.15) is 12.4 Å². The minimum absolute atomic E-state index is 0.0439. The van der Waals surface area contributed by atoms with E-state index in [0.717, 1.165) is 48.6 Å². The lowest BCUT2D eigenvalue weighted by Gasteiger charge is -2.36. The van der Waals surface area contributed by atoms with E-state index in [4.69, 9.17) is 0 Å². The molecule has 4 aliphatic heterocycles. The van der Waals surface area contributed by atoms with Crippen LogP contribution in [0.15, 0.2) is 72.2 Å². The second kappa shape index (κ2) is 12.1. The number of urea groups is 1. The summed E-state index contributed by atoms with van der Waals surface area (Å²) in [7, 11) is 0. The summed E-state index contributed by atoms with van der Waals surface area (Å²) in [6, 6.07) is 19.6. The molecule has 0 unspecified atom stereocenters. The van der Waals surface area contributed by atoms with E-state index in [1.165, 1.54) is 22.3 Å². The average molecular weight is 666 g/mol. The molecule has 13 heteroatoms. The number of imide groups is 1. The number of thiazole rings is 1. The summed E-state index contributed by atoms with van der Waals surface area (Å²) in [6.07, 6.45) is 2.94. The summed E-state index contributed by atoms with van der Waals surface area (Å²) in [5, 5.41) is 7.25. The zero-order valence-electron chi connectivity index (χ0n) is 25.9. The van der Waals surface area contributed by atoms with Gasteiger partial charge in [-0.1, -0.05) is 24.3 Å². The molecule has 1 aromatic heterocycles. The predicted octanol–water partition coefficient (Wildman–Crippen LogP) is 4.45. The van der Waals surface area contributed by atoms with Gasteiger partial charge < -0.3 is 15.1 Å². The van der Waals surface area contributed by atoms with Crippen molar-refractivity contribution in [3.05, 3.63) is 94.7 Å². The van der Waals surface area contributed by atoms with Gasteiger partial charge in [-0.15, -0.1) is 11.3 Å². The molecule has 0 radical (unpaired) electrons. The Hall–Kier alpha value is -5.14. The Bertz CT molecular complexity index is 1940. The number of nitrogens with one attached hydrogen (secondary N) is 2. The maximum absolute atomic E-state index is 15.3. The van der Waals surface area contributed by atoms with Crippen molar-refractivity contribution < 1.29 is 23.6 Å². The van der Waals surface area contributed by atoms with Crippen LogP contribution in [0.4, 0.5) is 25.7 Å². The first-order valence-corrected chi connectivity index (χ1v) is 16.8. The highest BCUT2D eigenvalue weighted by molar-refractivity contribution is 7.13. The van der Waals surface area contributed by atoms with Crippen molar-refractivity contribution in [1.82, 2.24) is 20.1 Å². The number of fused-ring (bicyclic) bond motifs is 3. The molecule has 244 valence electrons. The number of carbonyl (C=O) groups excluding carboxylic acids is 4. The van der Waals surface area contributed by atoms with Crippen LogP contribution in [0.25, 0.3) is 11.1 Å². The number of piperazine rings is 1. The number of rotatable bonds is 8. The van der Waals surface area contributed by atoms with Crippen molar-refractivity contribution in [3.63, 3.8) is 0 Å². The van der Waals surface area contributed by atoms with Crippen molar-refractivity contribution in [3.8, 4) is 11.1 Å². The van der Waals surface area contributed by atoms with Gasteiger partial charge in [0.15, 0.2) is 5.13 Å². The molecule has 0 aliphatic carbocycles. The molecule has 11 nitrogen and oxygen atoms in total. The molecule has 5 amide bonds. The molecular formula is C35H32FN7O4S. The highest BCUT2D eigenvalue weighted by atomic mass is 32.1. The van der Waals surface area contributed by atoms with Crippen LogP contribution in [0.5, 0.6) is 0 Å². The molecular weight excluding hydrogens is 633 g/mol. The molecule has 4 aliphatic rings. The maximum atomic E-state index is 15.3. The monoisotopic (exact) mass is 665 g/mol. The van der Waals surface area contributed by atoms with Crippen LogP contribution in [0.1, 0.15) is 34.3 Å². The first-order valence-electron chi connectivity index (χ1n) is 15.9. The lowest BCUT2D eigenvalue weighted by atomic mass is 9.99. The van der Waals surface area contributed by atoms with Gasteiger partial charge >= 0.3 is 6.03 Å². The predicted molar refractivity (Wildman–Crippen MR) is 179 cm³/mol. The molecule has 8 rings (SSSR count). The summed E-state index contributed by atoms with van der Waals surface area (Å²) in [5.74, 6) is -1.44. The van der Waals surface area contributed by atoms with Crippen LogP contribution < -0.4 is 20.4 Å². The number of anilines is 3. The second-order valence-corrected chi connectivity index (χ2v) is 13.5. The van der Waals surface area contributed by atoms with Gasteiger partial charge in [0.05, 0.1) is 6.54 Å². The third-order valence-corrected chi connectivity index (χ3v) is 10.3. The summed E-state index contributed by atoms with van der Waals surface area (Å²) in [6.45, 7) is 2.84. The summed E-state index contributed by atoms with van der Waals surface area (Å²) in [5.41, 5.74) is 5.05. The fraction of sp³-hybridized carbons (Fsp3) is 0.286. The molecule has 2 atom stereocenters. The summed E-state index contributed by atoms with van der Waals surface area (Å²) >= 11 is 1.29. The SMILES string of the molecule is O=C1CCN(c2cccc(CN3C[C@@H]4C[C@H]3CN4c3ccc(-c4cc(F)c5c(c4)C(=O)N(CC(=O)Nc4nccs4)C5)cc3)c2)C(=O)N1. The van der Waals surface area contributed by atoms with Crippen LogP contribution in [0.2, 0.25) is 0 Å². The van der Waals surface area contributed by atoms with Gasteiger partial charge in [-0.3, -0.25) is 29.5 Å². The Morgan fingerprint density at radius 1 is 1.00 bits per heavy atom. The van der Waals surface area contributed by atoms with Crippen LogP contribution in [-0.4, -0.2) is 76.8 Å². The number of hydrogen-bond donors (Lipinski definition) is 2. The third kappa shape index (κ3) is 5.69. The molecule has 3 fully saturated rings. The van der Waals surface area contributed by atoms with Crippen LogP contribution >= 0.6 is 11.3 Å². The van der Waals surface area contributed by atoms with E-state index in [0.29, 0.717) is 41.3 Å². The highest BCUT2D eigenvalue weighted by Gasteiger charge is 2.43. The first kappa shape index (κ1) is 30.2. The van der Waals surface area contributed by atoms with Gasteiger partial charge in [-0.05, 0) is 59.5 Å². The number of halogens is 1. The largest absolute Gasteiger partial charge is 0.366 e. The molecule has 5 heterocycles. The van der Waals surface area contributed by atoms with Crippen molar-refractivity contribution in [2.45, 2.75) is 38.0 Å². The lowest BCUT2D eigenvalue weighted by Crippen LogP contribution is -2.49. The van der Waals surface area contributed by atoms with Crippen LogP contribution in [-0.2, 0) is 22.7 Å². The van der Waals surface area contributed by atoms with E-state index in [-0.39, 0.29) is 42.4 Å². The standard InChI is InChI=1S/C35H32FN7O4S/c36-30-14-23(13-28-29(30)19-41(33(28)46)20-32(45)38-34-37-9-11-48-34)22-4-6-24(7-5-22)43-18-26-15-27(43)17-40(26)16-21-2-1-3-25(12-21)42-10-8-31(44)39-35(42)47/h1-7,9,11-14,26-27H,8,10,15-20H2,(H,37,38,45)(H,39,44,47)/t26-,27-/m0/s1. The molecule has 0 saturated carbocycles. The fourth-order valence-corrected chi connectivity index (χ4v) is 7.85. The minimum Gasteiger partial charge on any atom is -0.366 e. The molecule has 0 spiro atoms. The molecule has 4 aromatic rings. The topological polar surface area (TPSA) is 118 Å². The van der Waals surface area contributed by atoms with Gasteiger partial charge in [-0.2, -0.15) is 0 Å². The first-order chi connectivity index (χ1) is 23.3. The molecule has 3 aromatic carbocycles. The van der Waals surface area contributed by atoms with Gasteiger partial charge in [-0.25, -0.2) is 14.2 Å². The number of aromatic nitrogens is 1.